The minimum atomic E-state index is -0.337. The molecule has 0 fully saturated rings. The summed E-state index contributed by atoms with van der Waals surface area (Å²) in [5.74, 6) is 5.19. The zero-order valence-corrected chi connectivity index (χ0v) is 12.1. The molecule has 0 unspecified atom stereocenters. The van der Waals surface area contributed by atoms with Crippen molar-refractivity contribution in [3.8, 4) is 0 Å². The number of hydrazine groups is 1. The van der Waals surface area contributed by atoms with Crippen molar-refractivity contribution < 1.29 is 4.79 Å². The molecule has 0 spiro atoms. The van der Waals surface area contributed by atoms with E-state index in [9.17, 15) is 4.79 Å². The smallest absolute Gasteiger partial charge is 0.239 e. The average Bonchev–Trinajstić information content (AvgIpc) is 2.80. The SMILES string of the molecule is CC(=O)N(N)C(=N)CCCCc1csc(N=C(N)N)n1. The fourth-order valence-corrected chi connectivity index (χ4v) is 2.22. The van der Waals surface area contributed by atoms with Crippen LogP contribution < -0.4 is 17.3 Å². The third kappa shape index (κ3) is 5.33. The summed E-state index contributed by atoms with van der Waals surface area (Å²) in [7, 11) is 0. The number of nitrogens with two attached hydrogens (primary N) is 3. The first-order chi connectivity index (χ1) is 9.40. The van der Waals surface area contributed by atoms with Crippen LogP contribution in [0.5, 0.6) is 0 Å². The fraction of sp³-hybridized carbons (Fsp3) is 0.455. The second-order valence-electron chi connectivity index (χ2n) is 4.20. The second kappa shape index (κ2) is 7.56. The molecular formula is C11H19N7OS. The lowest BCUT2D eigenvalue weighted by molar-refractivity contribution is -0.125. The quantitative estimate of drug-likeness (QED) is 0.150. The lowest BCUT2D eigenvalue weighted by Gasteiger charge is -2.14. The zero-order chi connectivity index (χ0) is 15.1. The highest BCUT2D eigenvalue weighted by molar-refractivity contribution is 7.13. The molecule has 0 bridgehead atoms. The fourth-order valence-electron chi connectivity index (χ4n) is 1.48. The van der Waals surface area contributed by atoms with Crippen LogP contribution in [-0.4, -0.2) is 27.7 Å². The lowest BCUT2D eigenvalue weighted by Crippen LogP contribution is -2.40. The van der Waals surface area contributed by atoms with Crippen LogP contribution in [0.4, 0.5) is 5.13 Å². The molecule has 0 aliphatic heterocycles. The van der Waals surface area contributed by atoms with Crippen LogP contribution in [-0.2, 0) is 11.2 Å². The highest BCUT2D eigenvalue weighted by atomic mass is 32.1. The number of guanidine groups is 1. The van der Waals surface area contributed by atoms with E-state index in [4.69, 9.17) is 22.7 Å². The minimum Gasteiger partial charge on any atom is -0.370 e. The summed E-state index contributed by atoms with van der Waals surface area (Å²) in [4.78, 5) is 19.1. The Hall–Kier alpha value is -2.00. The van der Waals surface area contributed by atoms with Crippen molar-refractivity contribution in [1.29, 1.82) is 5.41 Å². The van der Waals surface area contributed by atoms with Gasteiger partial charge in [0.25, 0.3) is 0 Å². The van der Waals surface area contributed by atoms with Gasteiger partial charge in [0.1, 0.15) is 5.84 Å². The van der Waals surface area contributed by atoms with Crippen molar-refractivity contribution in [1.82, 2.24) is 9.99 Å². The topological polar surface area (TPSA) is 147 Å². The molecule has 1 heterocycles. The molecule has 0 saturated heterocycles. The molecule has 0 radical (unpaired) electrons. The summed E-state index contributed by atoms with van der Waals surface area (Å²) >= 11 is 1.38. The van der Waals surface area contributed by atoms with Crippen molar-refractivity contribution in [2.45, 2.75) is 32.6 Å². The van der Waals surface area contributed by atoms with E-state index in [1.54, 1.807) is 0 Å². The van der Waals surface area contributed by atoms with E-state index in [0.717, 1.165) is 30.0 Å². The Labute approximate surface area is 121 Å². The van der Waals surface area contributed by atoms with Crippen molar-refractivity contribution in [3.05, 3.63) is 11.1 Å². The van der Waals surface area contributed by atoms with E-state index in [-0.39, 0.29) is 17.7 Å². The standard InChI is InChI=1S/C11H19N7OS/c1-7(19)18(15)9(12)5-3-2-4-8-6-20-11(16-8)17-10(13)14/h6,12H,2-5,15H2,1H3,(H4,13,14,16,17). The highest BCUT2D eigenvalue weighted by Crippen LogP contribution is 2.19. The Morgan fingerprint density at radius 1 is 1.50 bits per heavy atom. The number of amidine groups is 1. The van der Waals surface area contributed by atoms with Gasteiger partial charge >= 0.3 is 0 Å². The molecule has 1 aromatic rings. The van der Waals surface area contributed by atoms with Crippen LogP contribution in [0.2, 0.25) is 0 Å². The zero-order valence-electron chi connectivity index (χ0n) is 11.3. The van der Waals surface area contributed by atoms with E-state index in [1.807, 2.05) is 5.38 Å². The Kier molecular flexibility index (Phi) is 6.07. The van der Waals surface area contributed by atoms with Crippen molar-refractivity contribution in [2.75, 3.05) is 0 Å². The number of carbonyl (C=O) groups is 1. The maximum Gasteiger partial charge on any atom is 0.239 e. The van der Waals surface area contributed by atoms with Gasteiger partial charge in [-0.1, -0.05) is 0 Å². The molecular weight excluding hydrogens is 278 g/mol. The maximum atomic E-state index is 10.9. The predicted molar refractivity (Wildman–Crippen MR) is 79.6 cm³/mol. The Bertz CT molecular complexity index is 507. The number of carbonyl (C=O) groups excluding carboxylic acids is 1. The molecule has 110 valence electrons. The summed E-state index contributed by atoms with van der Waals surface area (Å²) < 4.78 is 0. The maximum absolute atomic E-state index is 10.9. The van der Waals surface area contributed by atoms with E-state index in [1.165, 1.54) is 18.3 Å². The Morgan fingerprint density at radius 2 is 2.20 bits per heavy atom. The van der Waals surface area contributed by atoms with Crippen molar-refractivity contribution in [2.24, 2.45) is 22.3 Å². The number of amides is 1. The van der Waals surface area contributed by atoms with Crippen LogP contribution in [0.1, 0.15) is 31.9 Å². The lowest BCUT2D eigenvalue weighted by atomic mass is 10.1. The minimum absolute atomic E-state index is 0.00776. The van der Waals surface area contributed by atoms with Gasteiger partial charge in [-0.05, 0) is 19.3 Å². The summed E-state index contributed by atoms with van der Waals surface area (Å²) in [5, 5.41) is 10.9. The monoisotopic (exact) mass is 297 g/mol. The number of nitrogens with zero attached hydrogens (tertiary/aromatic N) is 3. The number of aliphatic imine (C=N–C) groups is 1. The molecule has 1 amide bonds. The Balaban J connectivity index is 2.31. The first-order valence-corrected chi connectivity index (χ1v) is 6.95. The van der Waals surface area contributed by atoms with Crippen LogP contribution in [0.15, 0.2) is 10.4 Å². The number of aromatic nitrogens is 1. The Morgan fingerprint density at radius 3 is 2.80 bits per heavy atom. The molecule has 20 heavy (non-hydrogen) atoms. The largest absolute Gasteiger partial charge is 0.370 e. The molecule has 1 rings (SSSR count). The van der Waals surface area contributed by atoms with Crippen molar-refractivity contribution in [3.63, 3.8) is 0 Å². The van der Waals surface area contributed by atoms with Gasteiger partial charge in [0.05, 0.1) is 5.69 Å². The normalized spacial score (nSPS) is 10.1. The number of unbranched alkanes of at least 4 members (excludes halogenated alkanes) is 1. The summed E-state index contributed by atoms with van der Waals surface area (Å²) in [5.41, 5.74) is 11.5. The van der Waals surface area contributed by atoms with E-state index >= 15 is 0 Å². The van der Waals surface area contributed by atoms with E-state index in [0.29, 0.717) is 11.6 Å². The molecule has 0 atom stereocenters. The molecule has 0 saturated carbocycles. The van der Waals surface area contributed by atoms with Gasteiger partial charge in [-0.3, -0.25) is 10.2 Å². The molecule has 1 aromatic heterocycles. The molecule has 7 N–H and O–H groups in total. The number of nitrogens with one attached hydrogen (secondary N) is 1. The highest BCUT2D eigenvalue weighted by Gasteiger charge is 2.09. The number of hydrogen-bond acceptors (Lipinski definition) is 6. The molecule has 0 aliphatic rings. The van der Waals surface area contributed by atoms with Gasteiger partial charge in [-0.2, -0.15) is 4.99 Å². The van der Waals surface area contributed by atoms with E-state index < -0.39 is 0 Å². The van der Waals surface area contributed by atoms with Crippen LogP contribution in [0.3, 0.4) is 0 Å². The van der Waals surface area contributed by atoms with Crippen LogP contribution >= 0.6 is 11.3 Å². The summed E-state index contributed by atoms with van der Waals surface area (Å²) in [6.07, 6.45) is 2.84. The van der Waals surface area contributed by atoms with Crippen molar-refractivity contribution >= 4 is 34.2 Å². The van der Waals surface area contributed by atoms with Gasteiger partial charge in [0.15, 0.2) is 5.96 Å². The first-order valence-electron chi connectivity index (χ1n) is 6.07. The van der Waals surface area contributed by atoms with Gasteiger partial charge in [-0.15, -0.1) is 11.3 Å². The van der Waals surface area contributed by atoms with E-state index in [2.05, 4.69) is 9.98 Å². The molecule has 9 heteroatoms. The number of thiazole rings is 1. The van der Waals surface area contributed by atoms with Gasteiger partial charge in [0.2, 0.25) is 11.0 Å². The summed E-state index contributed by atoms with van der Waals surface area (Å²) in [6.45, 7) is 1.33. The van der Waals surface area contributed by atoms with Crippen LogP contribution in [0, 0.1) is 5.41 Å². The number of rotatable bonds is 6. The first kappa shape index (κ1) is 16.1. The predicted octanol–water partition coefficient (Wildman–Crippen LogP) is 0.460. The number of hydrogen-bond donors (Lipinski definition) is 4. The number of aryl methyl sites for hydroxylation is 1. The molecule has 0 aromatic carbocycles. The third-order valence-corrected chi connectivity index (χ3v) is 3.27. The van der Waals surface area contributed by atoms with Gasteiger partial charge in [-0.25, -0.2) is 15.8 Å². The van der Waals surface area contributed by atoms with Gasteiger partial charge in [0, 0.05) is 18.7 Å². The van der Waals surface area contributed by atoms with Gasteiger partial charge < -0.3 is 11.5 Å². The average molecular weight is 297 g/mol. The summed E-state index contributed by atoms with van der Waals surface area (Å²) in [6, 6.07) is 0. The molecule has 0 aliphatic carbocycles. The third-order valence-electron chi connectivity index (χ3n) is 2.49. The molecule has 8 nitrogen and oxygen atoms in total. The second-order valence-corrected chi connectivity index (χ2v) is 5.04. The van der Waals surface area contributed by atoms with Crippen LogP contribution in [0.25, 0.3) is 0 Å².